The van der Waals surface area contributed by atoms with E-state index in [2.05, 4.69) is 49.8 Å². The van der Waals surface area contributed by atoms with Crippen molar-refractivity contribution in [3.8, 4) is 0 Å². The van der Waals surface area contributed by atoms with Crippen molar-refractivity contribution in [3.05, 3.63) is 34.1 Å². The van der Waals surface area contributed by atoms with Crippen molar-refractivity contribution in [1.82, 2.24) is 0 Å². The molecular formula is C13H20BrFOSi. The summed E-state index contributed by atoms with van der Waals surface area (Å²) in [5.74, 6) is -0.202. The van der Waals surface area contributed by atoms with Gasteiger partial charge in [0.1, 0.15) is 5.82 Å². The Kier molecular flexibility index (Phi) is 4.55. The lowest BCUT2D eigenvalue weighted by Crippen LogP contribution is -2.40. The molecule has 96 valence electrons. The van der Waals surface area contributed by atoms with Gasteiger partial charge in [-0.1, -0.05) is 36.7 Å². The van der Waals surface area contributed by atoms with Gasteiger partial charge in [0.15, 0.2) is 8.32 Å². The number of hydrogen-bond donors (Lipinski definition) is 0. The van der Waals surface area contributed by atoms with Crippen LogP contribution in [0.25, 0.3) is 0 Å². The Balaban J connectivity index is 2.77. The van der Waals surface area contributed by atoms with E-state index in [1.165, 1.54) is 6.07 Å². The van der Waals surface area contributed by atoms with E-state index in [0.717, 1.165) is 4.47 Å². The molecule has 0 aliphatic rings. The van der Waals surface area contributed by atoms with Crippen LogP contribution in [0.15, 0.2) is 22.7 Å². The fourth-order valence-corrected chi connectivity index (χ4v) is 2.49. The minimum absolute atomic E-state index is 0.148. The summed E-state index contributed by atoms with van der Waals surface area (Å²) in [6, 6.07) is 4.95. The Morgan fingerprint density at radius 1 is 1.29 bits per heavy atom. The van der Waals surface area contributed by atoms with Gasteiger partial charge in [0.2, 0.25) is 0 Å². The molecule has 1 aromatic carbocycles. The molecule has 1 aromatic rings. The van der Waals surface area contributed by atoms with Crippen LogP contribution in [0.4, 0.5) is 4.39 Å². The van der Waals surface area contributed by atoms with Crippen LogP contribution >= 0.6 is 15.9 Å². The molecule has 1 rings (SSSR count). The van der Waals surface area contributed by atoms with Crippen molar-refractivity contribution >= 4 is 24.2 Å². The Morgan fingerprint density at radius 3 is 2.41 bits per heavy atom. The first-order chi connectivity index (χ1) is 7.63. The normalized spacial score (nSPS) is 12.9. The van der Waals surface area contributed by atoms with E-state index in [-0.39, 0.29) is 10.9 Å². The van der Waals surface area contributed by atoms with E-state index in [1.54, 1.807) is 12.1 Å². The number of halogens is 2. The molecule has 0 N–H and O–H groups in total. The highest BCUT2D eigenvalue weighted by Crippen LogP contribution is 2.37. The zero-order valence-electron chi connectivity index (χ0n) is 11.1. The summed E-state index contributed by atoms with van der Waals surface area (Å²) >= 11 is 3.35. The molecule has 0 saturated heterocycles. The Labute approximate surface area is 113 Å². The molecule has 0 amide bonds. The quantitative estimate of drug-likeness (QED) is 0.704. The first-order valence-corrected chi connectivity index (χ1v) is 9.41. The standard InChI is InChI=1S/C13H20BrFOSi/c1-13(2,3)17(4,5)16-9-10-8-11(14)6-7-12(10)15/h6-8H,9H2,1-5H3. The van der Waals surface area contributed by atoms with Crippen LogP contribution in [-0.4, -0.2) is 8.32 Å². The topological polar surface area (TPSA) is 9.23 Å². The maximum Gasteiger partial charge on any atom is 0.192 e. The zero-order valence-corrected chi connectivity index (χ0v) is 13.7. The third-order valence-electron chi connectivity index (χ3n) is 3.40. The van der Waals surface area contributed by atoms with Crippen molar-refractivity contribution < 1.29 is 8.82 Å². The largest absolute Gasteiger partial charge is 0.412 e. The molecule has 0 aliphatic carbocycles. The Hall–Kier alpha value is -0.193. The van der Waals surface area contributed by atoms with Crippen LogP contribution in [0, 0.1) is 5.82 Å². The molecule has 0 atom stereocenters. The average Bonchev–Trinajstić information content (AvgIpc) is 2.18. The van der Waals surface area contributed by atoms with Gasteiger partial charge in [-0.15, -0.1) is 0 Å². The summed E-state index contributed by atoms with van der Waals surface area (Å²) in [5.41, 5.74) is 0.615. The Morgan fingerprint density at radius 2 is 1.88 bits per heavy atom. The van der Waals surface area contributed by atoms with Gasteiger partial charge >= 0.3 is 0 Å². The first kappa shape index (κ1) is 14.9. The highest BCUT2D eigenvalue weighted by molar-refractivity contribution is 9.10. The second-order valence-electron chi connectivity index (χ2n) is 5.78. The van der Waals surface area contributed by atoms with Gasteiger partial charge in [-0.05, 0) is 36.3 Å². The minimum Gasteiger partial charge on any atom is -0.412 e. The molecule has 0 bridgehead atoms. The van der Waals surface area contributed by atoms with Crippen LogP contribution in [0.1, 0.15) is 26.3 Å². The molecule has 0 saturated carbocycles. The van der Waals surface area contributed by atoms with Crippen molar-refractivity contribution in [3.63, 3.8) is 0 Å². The average molecular weight is 319 g/mol. The van der Waals surface area contributed by atoms with Gasteiger partial charge in [-0.2, -0.15) is 0 Å². The van der Waals surface area contributed by atoms with Gasteiger partial charge in [0.25, 0.3) is 0 Å². The zero-order chi connectivity index (χ0) is 13.3. The summed E-state index contributed by atoms with van der Waals surface area (Å²) in [6.07, 6.45) is 0. The summed E-state index contributed by atoms with van der Waals surface area (Å²) in [7, 11) is -1.81. The monoisotopic (exact) mass is 318 g/mol. The van der Waals surface area contributed by atoms with E-state index in [0.29, 0.717) is 12.2 Å². The molecule has 4 heteroatoms. The lowest BCUT2D eigenvalue weighted by molar-refractivity contribution is 0.271. The van der Waals surface area contributed by atoms with Crippen molar-refractivity contribution in [2.24, 2.45) is 0 Å². The van der Waals surface area contributed by atoms with Gasteiger partial charge in [-0.25, -0.2) is 4.39 Å². The fourth-order valence-electron chi connectivity index (χ4n) is 1.13. The van der Waals surface area contributed by atoms with Crippen LogP contribution in [0.2, 0.25) is 18.1 Å². The molecule has 0 unspecified atom stereocenters. The number of hydrogen-bond acceptors (Lipinski definition) is 1. The lowest BCUT2D eigenvalue weighted by atomic mass is 10.2. The third-order valence-corrected chi connectivity index (χ3v) is 8.37. The molecular weight excluding hydrogens is 299 g/mol. The second-order valence-corrected chi connectivity index (χ2v) is 11.5. The maximum atomic E-state index is 13.6. The SMILES string of the molecule is CC(C)(C)[Si](C)(C)OCc1cc(Br)ccc1F. The van der Waals surface area contributed by atoms with E-state index in [1.807, 2.05) is 0 Å². The van der Waals surface area contributed by atoms with Gasteiger partial charge in [0.05, 0.1) is 6.61 Å². The van der Waals surface area contributed by atoms with Crippen LogP contribution < -0.4 is 0 Å². The highest BCUT2D eigenvalue weighted by Gasteiger charge is 2.37. The molecule has 17 heavy (non-hydrogen) atoms. The summed E-state index contributed by atoms with van der Waals surface area (Å²) in [6.45, 7) is 11.2. The van der Waals surface area contributed by atoms with Crippen LogP contribution in [0.5, 0.6) is 0 Å². The van der Waals surface area contributed by atoms with Crippen molar-refractivity contribution in [2.75, 3.05) is 0 Å². The van der Waals surface area contributed by atoms with Gasteiger partial charge in [0, 0.05) is 10.0 Å². The van der Waals surface area contributed by atoms with Gasteiger partial charge < -0.3 is 4.43 Å². The molecule has 0 fully saturated rings. The van der Waals surface area contributed by atoms with Gasteiger partial charge in [-0.3, -0.25) is 0 Å². The lowest BCUT2D eigenvalue weighted by Gasteiger charge is -2.36. The highest BCUT2D eigenvalue weighted by atomic mass is 79.9. The fraction of sp³-hybridized carbons (Fsp3) is 0.538. The van der Waals surface area contributed by atoms with Crippen LogP contribution in [0.3, 0.4) is 0 Å². The Bertz CT molecular complexity index is 399. The molecule has 0 aromatic heterocycles. The molecule has 0 heterocycles. The maximum absolute atomic E-state index is 13.6. The molecule has 0 spiro atoms. The van der Waals surface area contributed by atoms with Crippen LogP contribution in [-0.2, 0) is 11.0 Å². The molecule has 0 radical (unpaired) electrons. The smallest absolute Gasteiger partial charge is 0.192 e. The molecule has 1 nitrogen and oxygen atoms in total. The third kappa shape index (κ3) is 3.90. The van der Waals surface area contributed by atoms with Crippen molar-refractivity contribution in [2.45, 2.75) is 45.5 Å². The summed E-state index contributed by atoms with van der Waals surface area (Å²) in [5, 5.41) is 0.148. The van der Waals surface area contributed by atoms with E-state index >= 15 is 0 Å². The predicted octanol–water partition coefficient (Wildman–Crippen LogP) is 5.11. The summed E-state index contributed by atoms with van der Waals surface area (Å²) < 4.78 is 20.4. The van der Waals surface area contributed by atoms with E-state index in [9.17, 15) is 4.39 Å². The predicted molar refractivity (Wildman–Crippen MR) is 76.1 cm³/mol. The molecule has 0 aliphatic heterocycles. The summed E-state index contributed by atoms with van der Waals surface area (Å²) in [4.78, 5) is 0. The second kappa shape index (κ2) is 5.20. The first-order valence-electron chi connectivity index (χ1n) is 5.71. The van der Waals surface area contributed by atoms with E-state index in [4.69, 9.17) is 4.43 Å². The number of benzene rings is 1. The minimum atomic E-state index is -1.81. The van der Waals surface area contributed by atoms with Crippen molar-refractivity contribution in [1.29, 1.82) is 0 Å². The number of rotatable bonds is 3. The van der Waals surface area contributed by atoms with E-state index < -0.39 is 8.32 Å².